The molecular weight excluding hydrogens is 304 g/mol. The van der Waals surface area contributed by atoms with Crippen molar-refractivity contribution in [3.8, 4) is 0 Å². The van der Waals surface area contributed by atoms with Crippen LogP contribution in [0.15, 0.2) is 6.20 Å². The molecule has 1 unspecified atom stereocenters. The van der Waals surface area contributed by atoms with E-state index in [9.17, 15) is 9.59 Å². The maximum Gasteiger partial charge on any atom is 0.225 e. The van der Waals surface area contributed by atoms with E-state index in [4.69, 9.17) is 0 Å². The lowest BCUT2D eigenvalue weighted by atomic mass is 9.83. The second-order valence-corrected chi connectivity index (χ2v) is 7.27. The van der Waals surface area contributed by atoms with Crippen LogP contribution >= 0.6 is 0 Å². The number of likely N-dealkylation sites (tertiary alicyclic amines) is 1. The maximum atomic E-state index is 12.5. The first-order valence-electron chi connectivity index (χ1n) is 9.05. The van der Waals surface area contributed by atoms with Crippen LogP contribution in [-0.2, 0) is 16.6 Å². The summed E-state index contributed by atoms with van der Waals surface area (Å²) in [5.41, 5.74) is 2.13. The largest absolute Gasteiger partial charge is 0.349 e. The number of hydrogen-bond acceptors (Lipinski definition) is 3. The van der Waals surface area contributed by atoms with Gasteiger partial charge in [-0.1, -0.05) is 6.42 Å². The first-order valence-corrected chi connectivity index (χ1v) is 9.05. The first kappa shape index (κ1) is 17.0. The van der Waals surface area contributed by atoms with Gasteiger partial charge in [0.15, 0.2) is 0 Å². The molecule has 0 bridgehead atoms. The monoisotopic (exact) mass is 332 g/mol. The first-order chi connectivity index (χ1) is 11.5. The molecule has 1 atom stereocenters. The van der Waals surface area contributed by atoms with E-state index in [0.29, 0.717) is 19.0 Å². The van der Waals surface area contributed by atoms with E-state index in [0.717, 1.165) is 36.9 Å². The van der Waals surface area contributed by atoms with Gasteiger partial charge in [-0.2, -0.15) is 5.10 Å². The Balaban J connectivity index is 1.50. The number of amides is 2. The Kier molecular flexibility index (Phi) is 4.92. The Morgan fingerprint density at radius 3 is 2.38 bits per heavy atom. The molecule has 24 heavy (non-hydrogen) atoms. The molecule has 2 aliphatic rings. The van der Waals surface area contributed by atoms with Gasteiger partial charge in [0.2, 0.25) is 11.8 Å². The van der Waals surface area contributed by atoms with E-state index >= 15 is 0 Å². The molecule has 1 aliphatic heterocycles. The number of carbonyl (C=O) groups is 2. The highest BCUT2D eigenvalue weighted by Gasteiger charge is 2.33. The lowest BCUT2D eigenvalue weighted by Gasteiger charge is -2.36. The number of rotatable bonds is 4. The van der Waals surface area contributed by atoms with Crippen LogP contribution in [0.5, 0.6) is 0 Å². The summed E-state index contributed by atoms with van der Waals surface area (Å²) in [5, 5.41) is 7.35. The molecular formula is C18H28N4O2. The molecule has 1 N–H and O–H groups in total. The SMILES string of the molecule is Cc1c(C(C)NC(=O)C2CCN(C(=O)C3CCC3)CC2)cnn1C. The van der Waals surface area contributed by atoms with Crippen LogP contribution in [0.25, 0.3) is 0 Å². The average molecular weight is 332 g/mol. The molecule has 1 aromatic heterocycles. The van der Waals surface area contributed by atoms with Crippen molar-refractivity contribution in [2.24, 2.45) is 18.9 Å². The molecule has 0 aromatic carbocycles. The third-order valence-electron chi connectivity index (χ3n) is 5.73. The zero-order chi connectivity index (χ0) is 17.3. The Labute approximate surface area is 143 Å². The van der Waals surface area contributed by atoms with E-state index in [2.05, 4.69) is 10.4 Å². The Morgan fingerprint density at radius 1 is 1.21 bits per heavy atom. The molecule has 1 aromatic rings. The molecule has 6 nitrogen and oxygen atoms in total. The van der Waals surface area contributed by atoms with Crippen LogP contribution in [0.2, 0.25) is 0 Å². The zero-order valence-corrected chi connectivity index (χ0v) is 14.9. The third kappa shape index (κ3) is 3.32. The molecule has 2 amide bonds. The predicted octanol–water partition coefficient (Wildman–Crippen LogP) is 1.94. The van der Waals surface area contributed by atoms with Gasteiger partial charge in [-0.05, 0) is 39.5 Å². The van der Waals surface area contributed by atoms with E-state index < -0.39 is 0 Å². The molecule has 2 fully saturated rings. The number of nitrogens with zero attached hydrogens (tertiary/aromatic N) is 3. The summed E-state index contributed by atoms with van der Waals surface area (Å²) in [5.74, 6) is 0.666. The van der Waals surface area contributed by atoms with Crippen LogP contribution in [0, 0.1) is 18.8 Å². The van der Waals surface area contributed by atoms with Gasteiger partial charge in [-0.3, -0.25) is 14.3 Å². The average Bonchev–Trinajstić information content (AvgIpc) is 2.85. The fourth-order valence-corrected chi connectivity index (χ4v) is 3.63. The second-order valence-electron chi connectivity index (χ2n) is 7.27. The van der Waals surface area contributed by atoms with Gasteiger partial charge < -0.3 is 10.2 Å². The van der Waals surface area contributed by atoms with Gasteiger partial charge in [0.1, 0.15) is 0 Å². The smallest absolute Gasteiger partial charge is 0.225 e. The van der Waals surface area contributed by atoms with E-state index in [1.165, 1.54) is 6.42 Å². The summed E-state index contributed by atoms with van der Waals surface area (Å²) in [6.07, 6.45) is 6.62. The molecule has 0 spiro atoms. The fraction of sp³-hybridized carbons (Fsp3) is 0.722. The van der Waals surface area contributed by atoms with Crippen molar-refractivity contribution in [1.29, 1.82) is 0 Å². The van der Waals surface area contributed by atoms with Crippen molar-refractivity contribution < 1.29 is 9.59 Å². The van der Waals surface area contributed by atoms with Crippen molar-refractivity contribution in [3.63, 3.8) is 0 Å². The number of carbonyl (C=O) groups excluding carboxylic acids is 2. The Hall–Kier alpha value is -1.85. The van der Waals surface area contributed by atoms with Gasteiger partial charge in [0, 0.05) is 43.2 Å². The number of aryl methyl sites for hydroxylation is 1. The topological polar surface area (TPSA) is 67.2 Å². The van der Waals surface area contributed by atoms with Crippen molar-refractivity contribution in [2.75, 3.05) is 13.1 Å². The van der Waals surface area contributed by atoms with E-state index in [-0.39, 0.29) is 23.8 Å². The van der Waals surface area contributed by atoms with E-state index in [1.807, 2.05) is 36.7 Å². The summed E-state index contributed by atoms with van der Waals surface area (Å²) in [6, 6.07) is -0.0409. The summed E-state index contributed by atoms with van der Waals surface area (Å²) >= 11 is 0. The molecule has 6 heteroatoms. The quantitative estimate of drug-likeness (QED) is 0.916. The highest BCUT2D eigenvalue weighted by atomic mass is 16.2. The number of nitrogens with one attached hydrogen (secondary N) is 1. The summed E-state index contributed by atoms with van der Waals surface area (Å²) < 4.78 is 1.82. The summed E-state index contributed by atoms with van der Waals surface area (Å²) in [7, 11) is 1.90. The van der Waals surface area contributed by atoms with Crippen LogP contribution in [-0.4, -0.2) is 39.6 Å². The normalized spacial score (nSPS) is 20.5. The van der Waals surface area contributed by atoms with Crippen molar-refractivity contribution in [2.45, 2.75) is 52.0 Å². The highest BCUT2D eigenvalue weighted by molar-refractivity contribution is 5.81. The molecule has 132 valence electrons. The lowest BCUT2D eigenvalue weighted by Crippen LogP contribution is -2.46. The lowest BCUT2D eigenvalue weighted by molar-refractivity contribution is -0.141. The predicted molar refractivity (Wildman–Crippen MR) is 91.1 cm³/mol. The zero-order valence-electron chi connectivity index (χ0n) is 14.9. The van der Waals surface area contributed by atoms with Crippen molar-refractivity contribution in [3.05, 3.63) is 17.5 Å². The number of aromatic nitrogens is 2. The van der Waals surface area contributed by atoms with Gasteiger partial charge in [-0.25, -0.2) is 0 Å². The molecule has 1 saturated carbocycles. The van der Waals surface area contributed by atoms with Crippen molar-refractivity contribution in [1.82, 2.24) is 20.0 Å². The highest BCUT2D eigenvalue weighted by Crippen LogP contribution is 2.30. The maximum absolute atomic E-state index is 12.5. The van der Waals surface area contributed by atoms with Crippen LogP contribution in [0.1, 0.15) is 56.3 Å². The van der Waals surface area contributed by atoms with Crippen molar-refractivity contribution >= 4 is 11.8 Å². The van der Waals surface area contributed by atoms with Gasteiger partial charge >= 0.3 is 0 Å². The van der Waals surface area contributed by atoms with E-state index in [1.54, 1.807) is 0 Å². The minimum absolute atomic E-state index is 0.00914. The van der Waals surface area contributed by atoms with Crippen LogP contribution < -0.4 is 5.32 Å². The molecule has 2 heterocycles. The molecule has 1 saturated heterocycles. The fourth-order valence-electron chi connectivity index (χ4n) is 3.63. The molecule has 3 rings (SSSR count). The van der Waals surface area contributed by atoms with Gasteiger partial charge in [0.25, 0.3) is 0 Å². The van der Waals surface area contributed by atoms with Crippen LogP contribution in [0.4, 0.5) is 0 Å². The van der Waals surface area contributed by atoms with Gasteiger partial charge in [0.05, 0.1) is 12.2 Å². The minimum Gasteiger partial charge on any atom is -0.349 e. The second kappa shape index (κ2) is 6.95. The summed E-state index contributed by atoms with van der Waals surface area (Å²) in [6.45, 7) is 5.44. The van der Waals surface area contributed by atoms with Gasteiger partial charge in [-0.15, -0.1) is 0 Å². The number of piperidine rings is 1. The third-order valence-corrected chi connectivity index (χ3v) is 5.73. The Morgan fingerprint density at radius 2 is 1.88 bits per heavy atom. The molecule has 1 aliphatic carbocycles. The minimum atomic E-state index is -0.0409. The Bertz CT molecular complexity index is 613. The standard InChI is InChI=1S/C18H28N4O2/c1-12(16-11-19-21(3)13(16)2)20-17(23)14-7-9-22(10-8-14)18(24)15-5-4-6-15/h11-12,14-15H,4-10H2,1-3H3,(H,20,23). The summed E-state index contributed by atoms with van der Waals surface area (Å²) in [4.78, 5) is 26.8. The molecule has 0 radical (unpaired) electrons. The van der Waals surface area contributed by atoms with Crippen LogP contribution in [0.3, 0.4) is 0 Å². The number of hydrogen-bond donors (Lipinski definition) is 1.